The first-order valence-electron chi connectivity index (χ1n) is 6.56. The van der Waals surface area contributed by atoms with Crippen LogP contribution in [0.1, 0.15) is 15.9 Å². The Labute approximate surface area is 137 Å². The van der Waals surface area contributed by atoms with Crippen LogP contribution in [0.4, 0.5) is 5.69 Å². The number of hydrazone groups is 1. The lowest BCUT2D eigenvalue weighted by Crippen LogP contribution is -2.17. The van der Waals surface area contributed by atoms with Crippen molar-refractivity contribution in [3.05, 3.63) is 58.1 Å². The number of halogens is 1. The summed E-state index contributed by atoms with van der Waals surface area (Å²) in [5, 5.41) is 13.6. The van der Waals surface area contributed by atoms with Crippen LogP contribution in [0.5, 0.6) is 5.75 Å². The molecule has 0 aliphatic carbocycles. The van der Waals surface area contributed by atoms with E-state index in [2.05, 4.69) is 26.5 Å². The van der Waals surface area contributed by atoms with Crippen molar-refractivity contribution in [3.8, 4) is 5.75 Å². The van der Waals surface area contributed by atoms with Crippen LogP contribution in [0, 0.1) is 0 Å². The number of aromatic hydroxyl groups is 1. The number of hydrogen-bond acceptors (Lipinski definition) is 4. The molecule has 0 radical (unpaired) electrons. The lowest BCUT2D eigenvalue weighted by atomic mass is 10.2. The fourth-order valence-electron chi connectivity index (χ4n) is 1.77. The van der Waals surface area contributed by atoms with Crippen LogP contribution in [0.2, 0.25) is 0 Å². The molecule has 0 aromatic heterocycles. The van der Waals surface area contributed by atoms with E-state index in [4.69, 9.17) is 0 Å². The second kappa shape index (κ2) is 7.09. The van der Waals surface area contributed by atoms with E-state index < -0.39 is 5.91 Å². The Morgan fingerprint density at radius 1 is 1.23 bits per heavy atom. The molecular weight excluding hydrogens is 346 g/mol. The molecule has 5 nitrogen and oxygen atoms in total. The predicted octanol–water partition coefficient (Wildman–Crippen LogP) is 2.98. The van der Waals surface area contributed by atoms with Gasteiger partial charge in [0.2, 0.25) is 0 Å². The third-order valence-electron chi connectivity index (χ3n) is 2.99. The second-order valence-electron chi connectivity index (χ2n) is 4.85. The van der Waals surface area contributed by atoms with E-state index in [0.29, 0.717) is 4.47 Å². The van der Waals surface area contributed by atoms with Crippen molar-refractivity contribution in [2.45, 2.75) is 0 Å². The number of nitrogens with one attached hydrogen (secondary N) is 1. The number of carbonyl (C=O) groups is 1. The lowest BCUT2D eigenvalue weighted by molar-refractivity contribution is 0.0952. The minimum Gasteiger partial charge on any atom is -0.507 e. The summed E-state index contributed by atoms with van der Waals surface area (Å²) in [5.41, 5.74) is 4.50. The molecule has 0 saturated heterocycles. The van der Waals surface area contributed by atoms with Crippen LogP contribution in [-0.2, 0) is 0 Å². The van der Waals surface area contributed by atoms with Gasteiger partial charge in [-0.1, -0.05) is 28.1 Å². The summed E-state index contributed by atoms with van der Waals surface area (Å²) in [5.74, 6) is -0.564. The molecule has 0 unspecified atom stereocenters. The lowest BCUT2D eigenvalue weighted by Gasteiger charge is -2.11. The number of benzene rings is 2. The number of nitrogens with zero attached hydrogens (tertiary/aromatic N) is 2. The van der Waals surface area contributed by atoms with Gasteiger partial charge in [-0.3, -0.25) is 4.79 Å². The monoisotopic (exact) mass is 361 g/mol. The minimum absolute atomic E-state index is 0.0914. The molecule has 0 heterocycles. The van der Waals surface area contributed by atoms with Crippen molar-refractivity contribution in [1.82, 2.24) is 5.43 Å². The zero-order valence-corrected chi connectivity index (χ0v) is 13.8. The van der Waals surface area contributed by atoms with Gasteiger partial charge in [0, 0.05) is 24.3 Å². The third-order valence-corrected chi connectivity index (χ3v) is 3.49. The average molecular weight is 362 g/mol. The van der Waals surface area contributed by atoms with Crippen LogP contribution < -0.4 is 10.3 Å². The number of hydrogen-bond donors (Lipinski definition) is 2. The molecule has 22 heavy (non-hydrogen) atoms. The van der Waals surface area contributed by atoms with E-state index in [-0.39, 0.29) is 11.3 Å². The highest BCUT2D eigenvalue weighted by molar-refractivity contribution is 9.10. The van der Waals surface area contributed by atoms with Crippen molar-refractivity contribution in [2.24, 2.45) is 5.10 Å². The molecule has 6 heteroatoms. The van der Waals surface area contributed by atoms with E-state index >= 15 is 0 Å². The number of phenolic OH excluding ortho intramolecular Hbond substituents is 1. The van der Waals surface area contributed by atoms with Crippen molar-refractivity contribution >= 4 is 33.7 Å². The number of anilines is 1. The van der Waals surface area contributed by atoms with Crippen molar-refractivity contribution in [1.29, 1.82) is 0 Å². The highest BCUT2D eigenvalue weighted by Crippen LogP contribution is 2.21. The maximum atomic E-state index is 11.9. The first-order chi connectivity index (χ1) is 10.5. The van der Waals surface area contributed by atoms with Gasteiger partial charge >= 0.3 is 0 Å². The Balaban J connectivity index is 2.02. The van der Waals surface area contributed by atoms with Crippen LogP contribution >= 0.6 is 15.9 Å². The first kappa shape index (κ1) is 16.0. The van der Waals surface area contributed by atoms with E-state index in [0.717, 1.165) is 11.3 Å². The van der Waals surface area contributed by atoms with Crippen LogP contribution in [0.25, 0.3) is 0 Å². The van der Waals surface area contributed by atoms with E-state index in [1.54, 1.807) is 12.3 Å². The number of amides is 1. The smallest absolute Gasteiger partial charge is 0.275 e. The van der Waals surface area contributed by atoms with Crippen molar-refractivity contribution in [2.75, 3.05) is 19.0 Å². The van der Waals surface area contributed by atoms with Gasteiger partial charge in [-0.05, 0) is 35.9 Å². The fourth-order valence-corrected chi connectivity index (χ4v) is 2.14. The molecule has 0 spiro atoms. The number of carbonyl (C=O) groups excluding carboxylic acids is 1. The Morgan fingerprint density at radius 3 is 2.55 bits per heavy atom. The molecule has 114 valence electrons. The van der Waals surface area contributed by atoms with Gasteiger partial charge in [0.25, 0.3) is 5.91 Å². The minimum atomic E-state index is -0.472. The van der Waals surface area contributed by atoms with Gasteiger partial charge in [0.05, 0.1) is 11.8 Å². The Hall–Kier alpha value is -2.34. The van der Waals surface area contributed by atoms with E-state index in [1.807, 2.05) is 43.3 Å². The summed E-state index contributed by atoms with van der Waals surface area (Å²) in [6, 6.07) is 12.4. The van der Waals surface area contributed by atoms with Crippen molar-refractivity contribution in [3.63, 3.8) is 0 Å². The normalized spacial score (nSPS) is 10.7. The number of phenols is 1. The Morgan fingerprint density at radius 2 is 1.91 bits per heavy atom. The fraction of sp³-hybridized carbons (Fsp3) is 0.125. The van der Waals surface area contributed by atoms with Gasteiger partial charge in [-0.15, -0.1) is 0 Å². The summed E-state index contributed by atoms with van der Waals surface area (Å²) in [7, 11) is 3.93. The average Bonchev–Trinajstić information content (AvgIpc) is 2.50. The maximum Gasteiger partial charge on any atom is 0.275 e. The summed E-state index contributed by atoms with van der Waals surface area (Å²) < 4.78 is 0.707. The summed E-state index contributed by atoms with van der Waals surface area (Å²) in [4.78, 5) is 13.9. The molecule has 0 bridgehead atoms. The molecule has 1 amide bonds. The SMILES string of the molecule is CN(C)c1ccc(/C=N\NC(=O)c2cc(Br)ccc2O)cc1. The highest BCUT2D eigenvalue weighted by Gasteiger charge is 2.10. The standard InChI is InChI=1S/C16H16BrN3O2/c1-20(2)13-6-3-11(4-7-13)10-18-19-16(22)14-9-12(17)5-8-15(14)21/h3-10,21H,1-2H3,(H,19,22)/b18-10-. The molecule has 0 fully saturated rings. The van der Waals surface area contributed by atoms with Crippen LogP contribution in [0.3, 0.4) is 0 Å². The summed E-state index contributed by atoms with van der Waals surface area (Å²) in [6.07, 6.45) is 1.55. The van der Waals surface area contributed by atoms with Gasteiger partial charge in [-0.25, -0.2) is 5.43 Å². The molecule has 2 aromatic rings. The van der Waals surface area contributed by atoms with Gasteiger partial charge in [0.15, 0.2) is 0 Å². The molecule has 0 aliphatic rings. The predicted molar refractivity (Wildman–Crippen MR) is 91.6 cm³/mol. The Kier molecular flexibility index (Phi) is 5.16. The third kappa shape index (κ3) is 4.08. The molecule has 0 atom stereocenters. The molecule has 0 aliphatic heterocycles. The zero-order valence-electron chi connectivity index (χ0n) is 12.2. The molecular formula is C16H16BrN3O2. The largest absolute Gasteiger partial charge is 0.507 e. The summed E-state index contributed by atoms with van der Waals surface area (Å²) >= 11 is 3.25. The van der Waals surface area contributed by atoms with Crippen molar-refractivity contribution < 1.29 is 9.90 Å². The van der Waals surface area contributed by atoms with Crippen LogP contribution in [0.15, 0.2) is 52.0 Å². The maximum absolute atomic E-state index is 11.9. The molecule has 2 N–H and O–H groups in total. The first-order valence-corrected chi connectivity index (χ1v) is 7.36. The van der Waals surface area contributed by atoms with Gasteiger partial charge in [0.1, 0.15) is 5.75 Å². The van der Waals surface area contributed by atoms with Gasteiger partial charge in [-0.2, -0.15) is 5.10 Å². The molecule has 0 saturated carbocycles. The molecule has 2 rings (SSSR count). The zero-order chi connectivity index (χ0) is 16.1. The van der Waals surface area contributed by atoms with Crippen LogP contribution in [-0.4, -0.2) is 31.3 Å². The number of rotatable bonds is 4. The Bertz CT molecular complexity index is 697. The molecule has 2 aromatic carbocycles. The van der Waals surface area contributed by atoms with E-state index in [1.165, 1.54) is 12.1 Å². The summed E-state index contributed by atoms with van der Waals surface area (Å²) in [6.45, 7) is 0. The highest BCUT2D eigenvalue weighted by atomic mass is 79.9. The second-order valence-corrected chi connectivity index (χ2v) is 5.76. The van der Waals surface area contributed by atoms with Gasteiger partial charge < -0.3 is 10.0 Å². The topological polar surface area (TPSA) is 64.9 Å². The van der Waals surface area contributed by atoms with E-state index in [9.17, 15) is 9.90 Å². The quantitative estimate of drug-likeness (QED) is 0.649.